The second-order valence-electron chi connectivity index (χ2n) is 5.79. The van der Waals surface area contributed by atoms with Gasteiger partial charge in [-0.3, -0.25) is 0 Å². The van der Waals surface area contributed by atoms with Crippen molar-refractivity contribution in [1.29, 1.82) is 0 Å². The van der Waals surface area contributed by atoms with Gasteiger partial charge in [0, 0.05) is 20.1 Å². The molecule has 0 aliphatic carbocycles. The summed E-state index contributed by atoms with van der Waals surface area (Å²) in [5.41, 5.74) is 1.68. The zero-order valence-electron chi connectivity index (χ0n) is 12.9. The van der Waals surface area contributed by atoms with E-state index in [9.17, 15) is 0 Å². The lowest BCUT2D eigenvalue weighted by atomic mass is 9.96. The van der Waals surface area contributed by atoms with Crippen molar-refractivity contribution in [2.45, 2.75) is 39.0 Å². The van der Waals surface area contributed by atoms with E-state index in [1.165, 1.54) is 32.1 Å². The average molecular weight is 288 g/mol. The van der Waals surface area contributed by atoms with Gasteiger partial charge in [-0.1, -0.05) is 19.8 Å². The van der Waals surface area contributed by atoms with E-state index in [0.717, 1.165) is 36.0 Å². The SMILES string of the molecule is CCCC1CCCN(c2nc(NC)nc3nc[nH]c23)CC1. The summed E-state index contributed by atoms with van der Waals surface area (Å²) in [6.07, 6.45) is 8.15. The zero-order valence-corrected chi connectivity index (χ0v) is 12.9. The van der Waals surface area contributed by atoms with Crippen LogP contribution >= 0.6 is 0 Å². The Balaban J connectivity index is 1.87. The van der Waals surface area contributed by atoms with Gasteiger partial charge in [0.25, 0.3) is 0 Å². The number of nitrogens with one attached hydrogen (secondary N) is 2. The zero-order chi connectivity index (χ0) is 14.7. The quantitative estimate of drug-likeness (QED) is 0.905. The number of H-pyrrole nitrogens is 1. The summed E-state index contributed by atoms with van der Waals surface area (Å²) < 4.78 is 0. The molecule has 1 fully saturated rings. The van der Waals surface area contributed by atoms with Crippen LogP contribution < -0.4 is 10.2 Å². The largest absolute Gasteiger partial charge is 0.357 e. The molecule has 1 aliphatic heterocycles. The summed E-state index contributed by atoms with van der Waals surface area (Å²) in [6, 6.07) is 0. The van der Waals surface area contributed by atoms with Crippen molar-refractivity contribution < 1.29 is 0 Å². The minimum absolute atomic E-state index is 0.638. The van der Waals surface area contributed by atoms with Gasteiger partial charge in [0.1, 0.15) is 5.52 Å². The normalized spacial score (nSPS) is 19.7. The first-order valence-corrected chi connectivity index (χ1v) is 7.95. The first kappa shape index (κ1) is 14.1. The number of hydrogen-bond acceptors (Lipinski definition) is 5. The Morgan fingerprint density at radius 1 is 1.33 bits per heavy atom. The molecule has 0 radical (unpaired) electrons. The molecule has 6 heteroatoms. The van der Waals surface area contributed by atoms with Gasteiger partial charge >= 0.3 is 0 Å². The maximum atomic E-state index is 4.66. The molecule has 1 unspecified atom stereocenters. The highest BCUT2D eigenvalue weighted by Gasteiger charge is 2.20. The Bertz CT molecular complexity index is 593. The summed E-state index contributed by atoms with van der Waals surface area (Å²) in [5.74, 6) is 2.49. The third kappa shape index (κ3) is 2.94. The van der Waals surface area contributed by atoms with Crippen molar-refractivity contribution in [1.82, 2.24) is 19.9 Å². The van der Waals surface area contributed by atoms with E-state index < -0.39 is 0 Å². The van der Waals surface area contributed by atoms with Crippen molar-refractivity contribution in [2.75, 3.05) is 30.4 Å². The number of aromatic amines is 1. The minimum Gasteiger partial charge on any atom is -0.357 e. The van der Waals surface area contributed by atoms with E-state index >= 15 is 0 Å². The molecular weight excluding hydrogens is 264 g/mol. The van der Waals surface area contributed by atoms with Crippen molar-refractivity contribution in [3.63, 3.8) is 0 Å². The highest BCUT2D eigenvalue weighted by atomic mass is 15.2. The van der Waals surface area contributed by atoms with Gasteiger partial charge in [-0.05, 0) is 25.2 Å². The first-order valence-electron chi connectivity index (χ1n) is 7.95. The van der Waals surface area contributed by atoms with Crippen molar-refractivity contribution >= 4 is 22.9 Å². The molecule has 0 amide bonds. The average Bonchev–Trinajstić information content (AvgIpc) is 2.86. The van der Waals surface area contributed by atoms with Crippen LogP contribution in [0.1, 0.15) is 39.0 Å². The molecule has 0 saturated carbocycles. The fourth-order valence-electron chi connectivity index (χ4n) is 3.23. The molecule has 0 bridgehead atoms. The number of fused-ring (bicyclic) bond motifs is 1. The molecule has 2 N–H and O–H groups in total. The molecule has 21 heavy (non-hydrogen) atoms. The highest BCUT2D eigenvalue weighted by Crippen LogP contribution is 2.28. The number of nitrogens with zero attached hydrogens (tertiary/aromatic N) is 4. The van der Waals surface area contributed by atoms with E-state index in [1.807, 2.05) is 7.05 Å². The van der Waals surface area contributed by atoms with Crippen LogP contribution in [0.25, 0.3) is 11.2 Å². The molecule has 2 aromatic rings. The standard InChI is InChI=1S/C15H24N6/c1-3-5-11-6-4-8-21(9-7-11)14-12-13(18-10-17-12)19-15(16-2)20-14/h10-11H,3-9H2,1-2H3,(H2,16,17,18,19,20). The van der Waals surface area contributed by atoms with Crippen molar-refractivity contribution in [3.05, 3.63) is 6.33 Å². The minimum atomic E-state index is 0.638. The van der Waals surface area contributed by atoms with Crippen molar-refractivity contribution in [2.24, 2.45) is 5.92 Å². The van der Waals surface area contributed by atoms with Gasteiger partial charge < -0.3 is 15.2 Å². The maximum Gasteiger partial charge on any atom is 0.226 e. The van der Waals surface area contributed by atoms with Gasteiger partial charge in [0.2, 0.25) is 5.95 Å². The van der Waals surface area contributed by atoms with Crippen LogP contribution in [-0.2, 0) is 0 Å². The predicted octanol–water partition coefficient (Wildman–Crippen LogP) is 2.80. The Hall–Kier alpha value is -1.85. The monoisotopic (exact) mass is 288 g/mol. The number of anilines is 2. The molecule has 3 heterocycles. The Morgan fingerprint density at radius 2 is 2.24 bits per heavy atom. The van der Waals surface area contributed by atoms with Crippen LogP contribution in [-0.4, -0.2) is 40.1 Å². The summed E-state index contributed by atoms with van der Waals surface area (Å²) in [7, 11) is 1.84. The van der Waals surface area contributed by atoms with E-state index in [-0.39, 0.29) is 0 Å². The van der Waals surface area contributed by atoms with E-state index in [2.05, 4.69) is 37.1 Å². The van der Waals surface area contributed by atoms with Crippen LogP contribution in [0, 0.1) is 5.92 Å². The van der Waals surface area contributed by atoms with E-state index in [0.29, 0.717) is 5.95 Å². The molecule has 6 nitrogen and oxygen atoms in total. The van der Waals surface area contributed by atoms with Gasteiger partial charge in [0.15, 0.2) is 11.5 Å². The number of rotatable bonds is 4. The molecule has 1 saturated heterocycles. The van der Waals surface area contributed by atoms with E-state index in [4.69, 9.17) is 0 Å². The molecule has 1 aliphatic rings. The molecule has 0 aromatic carbocycles. The molecule has 114 valence electrons. The van der Waals surface area contributed by atoms with Gasteiger partial charge in [0.05, 0.1) is 6.33 Å². The molecular formula is C15H24N6. The lowest BCUT2D eigenvalue weighted by molar-refractivity contribution is 0.435. The van der Waals surface area contributed by atoms with Crippen molar-refractivity contribution in [3.8, 4) is 0 Å². The second kappa shape index (κ2) is 6.28. The maximum absolute atomic E-state index is 4.66. The molecule has 2 aromatic heterocycles. The van der Waals surface area contributed by atoms with Gasteiger partial charge in [-0.15, -0.1) is 0 Å². The lowest BCUT2D eigenvalue weighted by Crippen LogP contribution is -2.26. The summed E-state index contributed by atoms with van der Waals surface area (Å²) in [4.78, 5) is 18.9. The van der Waals surface area contributed by atoms with Crippen LogP contribution in [0.5, 0.6) is 0 Å². The third-order valence-electron chi connectivity index (χ3n) is 4.33. The van der Waals surface area contributed by atoms with Crippen LogP contribution in [0.3, 0.4) is 0 Å². The Kier molecular flexibility index (Phi) is 4.22. The number of hydrogen-bond donors (Lipinski definition) is 2. The van der Waals surface area contributed by atoms with Crippen LogP contribution in [0.2, 0.25) is 0 Å². The predicted molar refractivity (Wildman–Crippen MR) is 85.7 cm³/mol. The fourth-order valence-corrected chi connectivity index (χ4v) is 3.23. The fraction of sp³-hybridized carbons (Fsp3) is 0.667. The van der Waals surface area contributed by atoms with Gasteiger partial charge in [-0.25, -0.2) is 4.98 Å². The smallest absolute Gasteiger partial charge is 0.226 e. The Morgan fingerprint density at radius 3 is 3.05 bits per heavy atom. The number of aromatic nitrogens is 4. The third-order valence-corrected chi connectivity index (χ3v) is 4.33. The molecule has 1 atom stereocenters. The summed E-state index contributed by atoms with van der Waals surface area (Å²) >= 11 is 0. The number of imidazole rings is 1. The summed E-state index contributed by atoms with van der Waals surface area (Å²) in [5, 5.41) is 3.03. The highest BCUT2D eigenvalue weighted by molar-refractivity contribution is 5.84. The Labute approximate surface area is 125 Å². The van der Waals surface area contributed by atoms with Gasteiger partial charge in [-0.2, -0.15) is 9.97 Å². The molecule has 3 rings (SSSR count). The first-order chi connectivity index (χ1) is 10.3. The molecule has 0 spiro atoms. The lowest BCUT2D eigenvalue weighted by Gasteiger charge is -2.22. The van der Waals surface area contributed by atoms with E-state index in [1.54, 1.807) is 6.33 Å². The topological polar surface area (TPSA) is 69.7 Å². The van der Waals surface area contributed by atoms with Crippen LogP contribution in [0.4, 0.5) is 11.8 Å². The van der Waals surface area contributed by atoms with Crippen LogP contribution in [0.15, 0.2) is 6.33 Å². The second-order valence-corrected chi connectivity index (χ2v) is 5.79. The summed E-state index contributed by atoms with van der Waals surface area (Å²) in [6.45, 7) is 4.41.